The number of aliphatic carboxylic acids is 1. The maximum atomic E-state index is 13.0. The van der Waals surface area contributed by atoms with E-state index < -0.39 is 11.8 Å². The summed E-state index contributed by atoms with van der Waals surface area (Å²) in [5, 5.41) is 20.9. The van der Waals surface area contributed by atoms with Gasteiger partial charge in [-0.25, -0.2) is 4.39 Å². The van der Waals surface area contributed by atoms with Crippen molar-refractivity contribution in [3.8, 4) is 6.07 Å². The monoisotopic (exact) mass is 248 g/mol. The number of hydrogen-bond acceptors (Lipinski definition) is 3. The van der Waals surface area contributed by atoms with E-state index in [1.165, 1.54) is 18.2 Å². The molecule has 0 aliphatic heterocycles. The zero-order valence-corrected chi connectivity index (χ0v) is 9.69. The molecule has 2 atom stereocenters. The van der Waals surface area contributed by atoms with Gasteiger partial charge in [0.15, 0.2) is 0 Å². The molecule has 1 saturated carbocycles. The molecule has 1 fully saturated rings. The molecular weight excluding hydrogens is 235 g/mol. The normalized spacial score (nSPS) is 22.4. The van der Waals surface area contributed by atoms with Crippen LogP contribution in [0.4, 0.5) is 10.1 Å². The second-order valence-electron chi connectivity index (χ2n) is 4.49. The molecule has 1 aliphatic rings. The second-order valence-corrected chi connectivity index (χ2v) is 4.49. The van der Waals surface area contributed by atoms with Crippen LogP contribution in [0.1, 0.15) is 24.8 Å². The van der Waals surface area contributed by atoms with Crippen LogP contribution in [0.15, 0.2) is 18.2 Å². The van der Waals surface area contributed by atoms with Crippen molar-refractivity contribution in [1.82, 2.24) is 0 Å². The predicted molar refractivity (Wildman–Crippen MR) is 63.5 cm³/mol. The zero-order chi connectivity index (χ0) is 13.1. The van der Waals surface area contributed by atoms with E-state index in [4.69, 9.17) is 10.4 Å². The molecule has 1 aromatic rings. The van der Waals surface area contributed by atoms with E-state index in [0.29, 0.717) is 18.5 Å². The van der Waals surface area contributed by atoms with Crippen LogP contribution in [-0.4, -0.2) is 17.1 Å². The fourth-order valence-electron chi connectivity index (χ4n) is 2.29. The van der Waals surface area contributed by atoms with Crippen molar-refractivity contribution in [3.63, 3.8) is 0 Å². The summed E-state index contributed by atoms with van der Waals surface area (Å²) >= 11 is 0. The van der Waals surface area contributed by atoms with Crippen LogP contribution in [0.5, 0.6) is 0 Å². The number of nitrogens with zero attached hydrogens (tertiary/aromatic N) is 1. The number of carboxylic acids is 1. The second kappa shape index (κ2) is 5.05. The lowest BCUT2D eigenvalue weighted by molar-refractivity contribution is -0.141. The fraction of sp³-hybridized carbons (Fsp3) is 0.385. The third-order valence-electron chi connectivity index (χ3n) is 3.24. The van der Waals surface area contributed by atoms with Gasteiger partial charge in [0.2, 0.25) is 0 Å². The van der Waals surface area contributed by atoms with Crippen molar-refractivity contribution in [3.05, 3.63) is 29.6 Å². The molecule has 0 heterocycles. The molecular formula is C13H13FN2O2. The lowest BCUT2D eigenvalue weighted by Crippen LogP contribution is -2.18. The van der Waals surface area contributed by atoms with Crippen molar-refractivity contribution in [2.75, 3.05) is 5.32 Å². The Morgan fingerprint density at radius 1 is 1.50 bits per heavy atom. The van der Waals surface area contributed by atoms with Crippen molar-refractivity contribution >= 4 is 11.7 Å². The Balaban J connectivity index is 2.07. The summed E-state index contributed by atoms with van der Waals surface area (Å²) in [4.78, 5) is 10.8. The van der Waals surface area contributed by atoms with Crippen LogP contribution in [0.3, 0.4) is 0 Å². The molecule has 0 unspecified atom stereocenters. The first-order valence-electron chi connectivity index (χ1n) is 5.79. The minimum Gasteiger partial charge on any atom is -0.481 e. The minimum atomic E-state index is -0.779. The van der Waals surface area contributed by atoms with E-state index in [9.17, 15) is 9.18 Å². The van der Waals surface area contributed by atoms with Crippen LogP contribution in [0.2, 0.25) is 0 Å². The first-order chi connectivity index (χ1) is 8.60. The van der Waals surface area contributed by atoms with Crippen LogP contribution in [-0.2, 0) is 4.79 Å². The van der Waals surface area contributed by atoms with Gasteiger partial charge in [-0.3, -0.25) is 4.79 Å². The molecule has 4 nitrogen and oxygen atoms in total. The van der Waals surface area contributed by atoms with E-state index in [0.717, 1.165) is 6.42 Å². The van der Waals surface area contributed by atoms with Crippen molar-refractivity contribution in [2.45, 2.75) is 25.3 Å². The van der Waals surface area contributed by atoms with Crippen LogP contribution >= 0.6 is 0 Å². The van der Waals surface area contributed by atoms with Crippen LogP contribution in [0, 0.1) is 23.1 Å². The van der Waals surface area contributed by atoms with Gasteiger partial charge >= 0.3 is 5.97 Å². The van der Waals surface area contributed by atoms with Gasteiger partial charge < -0.3 is 10.4 Å². The molecule has 0 spiro atoms. The Morgan fingerprint density at radius 2 is 2.28 bits per heavy atom. The van der Waals surface area contributed by atoms with Gasteiger partial charge in [-0.05, 0) is 37.5 Å². The van der Waals surface area contributed by atoms with Gasteiger partial charge in [0.05, 0.1) is 17.2 Å². The zero-order valence-electron chi connectivity index (χ0n) is 9.69. The summed E-state index contributed by atoms with van der Waals surface area (Å²) in [5.74, 6) is -1.56. The number of nitriles is 1. The number of rotatable bonds is 3. The summed E-state index contributed by atoms with van der Waals surface area (Å²) < 4.78 is 13.0. The standard InChI is InChI=1S/C13H13FN2O2/c14-10-2-4-12(9(5-10)7-15)16-11-3-1-8(6-11)13(17)18/h2,4-5,8,11,16H,1,3,6H2,(H,17,18)/t8-,11+/m1/s1. The molecule has 94 valence electrons. The molecule has 0 radical (unpaired) electrons. The Hall–Kier alpha value is -2.09. The summed E-state index contributed by atoms with van der Waals surface area (Å²) in [6.45, 7) is 0. The van der Waals surface area contributed by atoms with Crippen LogP contribution < -0.4 is 5.32 Å². The molecule has 2 rings (SSSR count). The highest BCUT2D eigenvalue weighted by atomic mass is 19.1. The molecule has 1 aromatic carbocycles. The van der Waals surface area contributed by atoms with Gasteiger partial charge in [0.25, 0.3) is 0 Å². The highest BCUT2D eigenvalue weighted by Crippen LogP contribution is 2.29. The van der Waals surface area contributed by atoms with Gasteiger partial charge in [-0.15, -0.1) is 0 Å². The number of carboxylic acid groups (broad SMARTS) is 1. The quantitative estimate of drug-likeness (QED) is 0.861. The predicted octanol–water partition coefficient (Wildman–Crippen LogP) is 2.36. The largest absolute Gasteiger partial charge is 0.481 e. The van der Waals surface area contributed by atoms with Crippen molar-refractivity contribution in [1.29, 1.82) is 5.26 Å². The summed E-state index contributed by atoms with van der Waals surface area (Å²) in [6, 6.07) is 5.93. The number of halogens is 1. The summed E-state index contributed by atoms with van der Waals surface area (Å²) in [7, 11) is 0. The Labute approximate surface area is 104 Å². The van der Waals surface area contributed by atoms with Crippen molar-refractivity contribution < 1.29 is 14.3 Å². The minimum absolute atomic E-state index is 0.0312. The van der Waals surface area contributed by atoms with Gasteiger partial charge in [0.1, 0.15) is 11.9 Å². The first kappa shape index (κ1) is 12.4. The van der Waals surface area contributed by atoms with Gasteiger partial charge in [-0.2, -0.15) is 5.26 Å². The van der Waals surface area contributed by atoms with E-state index >= 15 is 0 Å². The molecule has 0 amide bonds. The number of carbonyl (C=O) groups is 1. The van der Waals surface area contributed by atoms with Gasteiger partial charge in [-0.1, -0.05) is 0 Å². The molecule has 0 aromatic heterocycles. The van der Waals surface area contributed by atoms with Crippen LogP contribution in [0.25, 0.3) is 0 Å². The highest BCUT2D eigenvalue weighted by molar-refractivity contribution is 5.70. The molecule has 18 heavy (non-hydrogen) atoms. The lowest BCUT2D eigenvalue weighted by Gasteiger charge is -2.15. The Kier molecular flexibility index (Phi) is 3.47. The molecule has 5 heteroatoms. The van der Waals surface area contributed by atoms with E-state index in [1.54, 1.807) is 0 Å². The highest BCUT2D eigenvalue weighted by Gasteiger charge is 2.29. The maximum absolute atomic E-state index is 13.0. The first-order valence-corrected chi connectivity index (χ1v) is 5.79. The third kappa shape index (κ3) is 2.59. The maximum Gasteiger partial charge on any atom is 0.306 e. The average molecular weight is 248 g/mol. The molecule has 2 N–H and O–H groups in total. The van der Waals surface area contributed by atoms with E-state index in [1.807, 2.05) is 6.07 Å². The SMILES string of the molecule is N#Cc1cc(F)ccc1N[C@H]1CC[C@@H](C(=O)O)C1. The Bertz CT molecular complexity index is 510. The average Bonchev–Trinajstić information content (AvgIpc) is 2.80. The third-order valence-corrected chi connectivity index (χ3v) is 3.24. The summed E-state index contributed by atoms with van der Waals surface area (Å²) in [5.41, 5.74) is 0.809. The van der Waals surface area contributed by atoms with Crippen molar-refractivity contribution in [2.24, 2.45) is 5.92 Å². The Morgan fingerprint density at radius 3 is 2.89 bits per heavy atom. The fourth-order valence-corrected chi connectivity index (χ4v) is 2.29. The molecule has 0 bridgehead atoms. The number of anilines is 1. The molecule has 1 aliphatic carbocycles. The van der Waals surface area contributed by atoms with E-state index in [-0.39, 0.29) is 17.5 Å². The lowest BCUT2D eigenvalue weighted by atomic mass is 10.1. The summed E-state index contributed by atoms with van der Waals surface area (Å²) in [6.07, 6.45) is 1.92. The van der Waals surface area contributed by atoms with E-state index in [2.05, 4.69) is 5.32 Å². The smallest absolute Gasteiger partial charge is 0.306 e. The number of nitrogens with one attached hydrogen (secondary N) is 1. The number of hydrogen-bond donors (Lipinski definition) is 2. The molecule has 0 saturated heterocycles. The number of benzene rings is 1. The van der Waals surface area contributed by atoms with Gasteiger partial charge in [0, 0.05) is 6.04 Å². The topological polar surface area (TPSA) is 73.1 Å².